The van der Waals surface area contributed by atoms with Crippen LogP contribution in [0.4, 0.5) is 5.69 Å². The van der Waals surface area contributed by atoms with Crippen molar-refractivity contribution in [3.05, 3.63) is 65.2 Å². The van der Waals surface area contributed by atoms with E-state index in [1.807, 2.05) is 12.1 Å². The second kappa shape index (κ2) is 6.03. The fourth-order valence-electron chi connectivity index (χ4n) is 1.71. The third kappa shape index (κ3) is 3.34. The van der Waals surface area contributed by atoms with Crippen molar-refractivity contribution in [3.8, 4) is 6.07 Å². The Morgan fingerprint density at radius 1 is 1.16 bits per heavy atom. The number of hydrogen-bond donors (Lipinski definition) is 1. The van der Waals surface area contributed by atoms with Crippen molar-refractivity contribution in [1.82, 2.24) is 0 Å². The van der Waals surface area contributed by atoms with Crippen LogP contribution in [-0.2, 0) is 4.79 Å². The van der Waals surface area contributed by atoms with Gasteiger partial charge in [-0.1, -0.05) is 48.0 Å². The zero-order valence-electron chi connectivity index (χ0n) is 10.0. The lowest BCUT2D eigenvalue weighted by molar-refractivity contribution is -0.116. The number of nitrogens with one attached hydrogen (secondary N) is 1. The Kier molecular flexibility index (Phi) is 4.17. The van der Waals surface area contributed by atoms with Gasteiger partial charge in [-0.05, 0) is 23.8 Å². The van der Waals surface area contributed by atoms with Crippen LogP contribution in [0, 0.1) is 11.3 Å². The molecule has 4 heteroatoms. The molecule has 0 saturated heterocycles. The van der Waals surface area contributed by atoms with Crippen LogP contribution >= 0.6 is 11.6 Å². The van der Waals surface area contributed by atoms with Gasteiger partial charge in [0.15, 0.2) is 5.92 Å². The van der Waals surface area contributed by atoms with Gasteiger partial charge in [0.2, 0.25) is 5.91 Å². The van der Waals surface area contributed by atoms with E-state index >= 15 is 0 Å². The molecule has 0 saturated carbocycles. The van der Waals surface area contributed by atoms with Crippen molar-refractivity contribution in [2.45, 2.75) is 5.92 Å². The third-order valence-corrected chi connectivity index (χ3v) is 2.85. The average Bonchev–Trinajstić information content (AvgIpc) is 2.41. The Morgan fingerprint density at radius 3 is 2.53 bits per heavy atom. The van der Waals surface area contributed by atoms with E-state index in [4.69, 9.17) is 16.9 Å². The van der Waals surface area contributed by atoms with Crippen LogP contribution in [0.1, 0.15) is 11.5 Å². The molecule has 0 radical (unpaired) electrons. The number of carbonyl (C=O) groups excluding carboxylic acids is 1. The fourth-order valence-corrected chi connectivity index (χ4v) is 1.90. The van der Waals surface area contributed by atoms with Crippen LogP contribution in [0.2, 0.25) is 5.02 Å². The molecule has 94 valence electrons. The molecule has 2 aromatic carbocycles. The molecule has 0 fully saturated rings. The molecule has 3 nitrogen and oxygen atoms in total. The summed E-state index contributed by atoms with van der Waals surface area (Å²) in [7, 11) is 0. The normalized spacial score (nSPS) is 11.4. The molecule has 1 atom stereocenters. The molecule has 0 aliphatic carbocycles. The molecule has 0 bridgehead atoms. The molecule has 0 heterocycles. The maximum absolute atomic E-state index is 12.1. The summed E-state index contributed by atoms with van der Waals surface area (Å²) in [4.78, 5) is 12.1. The molecule has 0 aliphatic heterocycles. The van der Waals surface area contributed by atoms with Crippen LogP contribution in [0.25, 0.3) is 0 Å². The number of amides is 1. The zero-order valence-corrected chi connectivity index (χ0v) is 10.8. The molecule has 2 rings (SSSR count). The van der Waals surface area contributed by atoms with Crippen molar-refractivity contribution >= 4 is 23.2 Å². The van der Waals surface area contributed by atoms with Crippen molar-refractivity contribution < 1.29 is 4.79 Å². The van der Waals surface area contributed by atoms with Crippen LogP contribution < -0.4 is 5.32 Å². The van der Waals surface area contributed by atoms with E-state index in [0.29, 0.717) is 16.3 Å². The highest BCUT2D eigenvalue weighted by molar-refractivity contribution is 6.30. The largest absolute Gasteiger partial charge is 0.325 e. The first-order chi connectivity index (χ1) is 9.20. The second-order valence-electron chi connectivity index (χ2n) is 3.97. The molecular weight excluding hydrogens is 260 g/mol. The van der Waals surface area contributed by atoms with Gasteiger partial charge < -0.3 is 5.32 Å². The quantitative estimate of drug-likeness (QED) is 0.927. The lowest BCUT2D eigenvalue weighted by atomic mass is 10.00. The molecule has 0 spiro atoms. The lowest BCUT2D eigenvalue weighted by Gasteiger charge is -2.10. The number of anilines is 1. The Hall–Kier alpha value is -2.31. The summed E-state index contributed by atoms with van der Waals surface area (Å²) in [5.41, 5.74) is 1.25. The van der Waals surface area contributed by atoms with Crippen molar-refractivity contribution in [2.24, 2.45) is 0 Å². The molecule has 0 aliphatic rings. The van der Waals surface area contributed by atoms with Crippen LogP contribution in [-0.4, -0.2) is 5.91 Å². The first-order valence-electron chi connectivity index (χ1n) is 5.71. The van der Waals surface area contributed by atoms with E-state index < -0.39 is 5.92 Å². The van der Waals surface area contributed by atoms with Crippen LogP contribution in [0.5, 0.6) is 0 Å². The maximum Gasteiger partial charge on any atom is 0.246 e. The predicted molar refractivity (Wildman–Crippen MR) is 74.9 cm³/mol. The van der Waals surface area contributed by atoms with Gasteiger partial charge in [0.25, 0.3) is 0 Å². The maximum atomic E-state index is 12.1. The number of carbonyl (C=O) groups is 1. The molecule has 19 heavy (non-hydrogen) atoms. The van der Waals surface area contributed by atoms with E-state index in [2.05, 4.69) is 5.32 Å². The van der Waals surface area contributed by atoms with Gasteiger partial charge in [-0.25, -0.2) is 0 Å². The average molecular weight is 271 g/mol. The first-order valence-corrected chi connectivity index (χ1v) is 6.09. The number of benzene rings is 2. The van der Waals surface area contributed by atoms with Crippen molar-refractivity contribution in [1.29, 1.82) is 5.26 Å². The molecule has 1 amide bonds. The van der Waals surface area contributed by atoms with Crippen molar-refractivity contribution in [3.63, 3.8) is 0 Å². The van der Waals surface area contributed by atoms with Gasteiger partial charge >= 0.3 is 0 Å². The Labute approximate surface area is 116 Å². The van der Waals surface area contributed by atoms with E-state index in [1.54, 1.807) is 48.5 Å². The highest BCUT2D eigenvalue weighted by Gasteiger charge is 2.19. The highest BCUT2D eigenvalue weighted by atomic mass is 35.5. The molecule has 1 N–H and O–H groups in total. The van der Waals surface area contributed by atoms with E-state index in [1.165, 1.54) is 0 Å². The SMILES string of the molecule is N#CC(C(=O)Nc1cccc(Cl)c1)c1ccccc1. The smallest absolute Gasteiger partial charge is 0.246 e. The Bertz CT molecular complexity index is 620. The van der Waals surface area contributed by atoms with E-state index in [0.717, 1.165) is 0 Å². The third-order valence-electron chi connectivity index (χ3n) is 2.62. The molecule has 1 unspecified atom stereocenters. The number of nitriles is 1. The van der Waals surface area contributed by atoms with Gasteiger partial charge in [-0.3, -0.25) is 4.79 Å². The topological polar surface area (TPSA) is 52.9 Å². The minimum atomic E-state index is -0.833. The van der Waals surface area contributed by atoms with Crippen LogP contribution in [0.3, 0.4) is 0 Å². The summed E-state index contributed by atoms with van der Waals surface area (Å²) >= 11 is 5.84. The van der Waals surface area contributed by atoms with Gasteiger partial charge in [0.05, 0.1) is 6.07 Å². The van der Waals surface area contributed by atoms with E-state index in [-0.39, 0.29) is 5.91 Å². The Balaban J connectivity index is 2.17. The first kappa shape index (κ1) is 13.1. The summed E-state index contributed by atoms with van der Waals surface area (Å²) in [6.07, 6.45) is 0. The van der Waals surface area contributed by atoms with Crippen LogP contribution in [0.15, 0.2) is 54.6 Å². The summed E-state index contributed by atoms with van der Waals surface area (Å²) in [6, 6.07) is 17.8. The summed E-state index contributed by atoms with van der Waals surface area (Å²) in [6.45, 7) is 0. The summed E-state index contributed by atoms with van der Waals surface area (Å²) < 4.78 is 0. The van der Waals surface area contributed by atoms with Gasteiger partial charge in [-0.15, -0.1) is 0 Å². The second-order valence-corrected chi connectivity index (χ2v) is 4.41. The minimum absolute atomic E-state index is 0.365. The lowest BCUT2D eigenvalue weighted by Crippen LogP contribution is -2.19. The zero-order chi connectivity index (χ0) is 13.7. The number of rotatable bonds is 3. The van der Waals surface area contributed by atoms with Gasteiger partial charge in [-0.2, -0.15) is 5.26 Å². The standard InChI is InChI=1S/C15H11ClN2O/c16-12-7-4-8-13(9-12)18-15(19)14(10-17)11-5-2-1-3-6-11/h1-9,14H,(H,18,19). The summed E-state index contributed by atoms with van der Waals surface area (Å²) in [5, 5.41) is 12.4. The van der Waals surface area contributed by atoms with Crippen molar-refractivity contribution in [2.75, 3.05) is 5.32 Å². The fraction of sp³-hybridized carbons (Fsp3) is 0.0667. The predicted octanol–water partition coefficient (Wildman–Crippen LogP) is 3.59. The van der Waals surface area contributed by atoms with Gasteiger partial charge in [0.1, 0.15) is 0 Å². The number of halogens is 1. The molecular formula is C15H11ClN2O. The Morgan fingerprint density at radius 2 is 1.89 bits per heavy atom. The molecule has 2 aromatic rings. The molecule has 0 aromatic heterocycles. The number of nitrogens with zero attached hydrogens (tertiary/aromatic N) is 1. The van der Waals surface area contributed by atoms with Gasteiger partial charge in [0, 0.05) is 10.7 Å². The summed E-state index contributed by atoms with van der Waals surface area (Å²) in [5.74, 6) is -1.20. The monoisotopic (exact) mass is 270 g/mol. The highest BCUT2D eigenvalue weighted by Crippen LogP contribution is 2.19. The van der Waals surface area contributed by atoms with E-state index in [9.17, 15) is 4.79 Å². The number of hydrogen-bond acceptors (Lipinski definition) is 2. The minimum Gasteiger partial charge on any atom is -0.325 e.